The quantitative estimate of drug-likeness (QED) is 0.272. The van der Waals surface area contributed by atoms with Gasteiger partial charge in [0.25, 0.3) is 11.8 Å². The highest BCUT2D eigenvalue weighted by Crippen LogP contribution is 2.44. The van der Waals surface area contributed by atoms with E-state index < -0.39 is 23.7 Å². The number of hydrogen-bond acceptors (Lipinski definition) is 7. The minimum absolute atomic E-state index is 0.0473. The molecule has 5 heterocycles. The Bertz CT molecular complexity index is 1780. The Morgan fingerprint density at radius 1 is 1.12 bits per heavy atom. The van der Waals surface area contributed by atoms with E-state index in [1.807, 2.05) is 26.8 Å². The maximum Gasteiger partial charge on any atom is 0.433 e. The van der Waals surface area contributed by atoms with Crippen molar-refractivity contribution < 1.29 is 27.2 Å². The highest BCUT2D eigenvalue weighted by molar-refractivity contribution is 7.21. The van der Waals surface area contributed by atoms with Crippen molar-refractivity contribution in [2.24, 2.45) is 5.73 Å². The molecular weight excluding hydrogens is 547 g/mol. The Balaban J connectivity index is 1.60. The van der Waals surface area contributed by atoms with Gasteiger partial charge in [0.1, 0.15) is 21.2 Å². The van der Waals surface area contributed by atoms with Crippen molar-refractivity contribution in [1.82, 2.24) is 24.5 Å². The van der Waals surface area contributed by atoms with Crippen LogP contribution in [-0.4, -0.2) is 36.4 Å². The number of fused-ring (bicyclic) bond motifs is 1. The van der Waals surface area contributed by atoms with Gasteiger partial charge in [0.05, 0.1) is 23.6 Å². The van der Waals surface area contributed by atoms with E-state index in [1.54, 1.807) is 28.6 Å². The fraction of sp³-hybridized carbons (Fsp3) is 0.269. The van der Waals surface area contributed by atoms with Crippen LogP contribution in [0.5, 0.6) is 0 Å². The van der Waals surface area contributed by atoms with Gasteiger partial charge in [0.15, 0.2) is 5.76 Å². The molecule has 0 aliphatic heterocycles. The number of rotatable bonds is 7. The maximum atomic E-state index is 13.8. The third kappa shape index (κ3) is 4.97. The number of nitrogens with one attached hydrogen (secondary N) is 1. The fourth-order valence-corrected chi connectivity index (χ4v) is 5.44. The molecule has 3 N–H and O–H groups in total. The first-order valence-corrected chi connectivity index (χ1v) is 13.0. The lowest BCUT2D eigenvalue weighted by molar-refractivity contribution is -0.140. The zero-order valence-corrected chi connectivity index (χ0v) is 22.7. The molecule has 0 aliphatic rings. The predicted octanol–water partition coefficient (Wildman–Crippen LogP) is 5.31. The third-order valence-corrected chi connectivity index (χ3v) is 7.37. The molecule has 0 atom stereocenters. The van der Waals surface area contributed by atoms with Gasteiger partial charge in [0.2, 0.25) is 0 Å². The number of carbonyl (C=O) groups is 2. The molecule has 0 saturated heterocycles. The molecule has 5 aromatic heterocycles. The van der Waals surface area contributed by atoms with E-state index in [9.17, 15) is 22.8 Å². The highest BCUT2D eigenvalue weighted by Gasteiger charge is 2.35. The summed E-state index contributed by atoms with van der Waals surface area (Å²) in [5, 5.41) is 11.5. The molecule has 0 spiro atoms. The zero-order chi connectivity index (χ0) is 28.9. The largest absolute Gasteiger partial charge is 0.454 e. The van der Waals surface area contributed by atoms with Crippen LogP contribution in [0.1, 0.15) is 55.7 Å². The first kappa shape index (κ1) is 27.1. The van der Waals surface area contributed by atoms with Crippen LogP contribution >= 0.6 is 11.3 Å². The van der Waals surface area contributed by atoms with Gasteiger partial charge in [-0.15, -0.1) is 11.3 Å². The van der Waals surface area contributed by atoms with Crippen LogP contribution in [0.2, 0.25) is 0 Å². The lowest BCUT2D eigenvalue weighted by atomic mass is 10.0. The van der Waals surface area contributed by atoms with E-state index in [-0.39, 0.29) is 38.6 Å². The van der Waals surface area contributed by atoms with Gasteiger partial charge in [0, 0.05) is 29.4 Å². The Morgan fingerprint density at radius 2 is 1.88 bits per heavy atom. The number of amides is 2. The Hall–Kier alpha value is -4.46. The Morgan fingerprint density at radius 3 is 2.48 bits per heavy atom. The number of aryl methyl sites for hydroxylation is 4. The summed E-state index contributed by atoms with van der Waals surface area (Å²) in [6.07, 6.45) is -3.15. The van der Waals surface area contributed by atoms with Crippen LogP contribution in [0, 0.1) is 20.8 Å². The summed E-state index contributed by atoms with van der Waals surface area (Å²) in [7, 11) is 0. The number of primary amides is 1. The van der Waals surface area contributed by atoms with Crippen molar-refractivity contribution in [2.75, 3.05) is 5.32 Å². The SMILES string of the molecule is CCn1cc(-c2cc(C(F)(F)F)nc3sc(C(N)=O)c(NC(=O)c4ccc(Cn5nc(C)cc5C)o4)c23)c(C)n1. The molecule has 5 rings (SSSR count). The van der Waals surface area contributed by atoms with Crippen LogP contribution in [-0.2, 0) is 19.3 Å². The molecule has 0 unspecified atom stereocenters. The number of furan rings is 1. The van der Waals surface area contributed by atoms with E-state index in [2.05, 4.69) is 20.5 Å². The second-order valence-electron chi connectivity index (χ2n) is 9.19. The van der Waals surface area contributed by atoms with Crippen molar-refractivity contribution >= 4 is 39.1 Å². The van der Waals surface area contributed by atoms with E-state index in [1.165, 1.54) is 6.07 Å². The first-order chi connectivity index (χ1) is 18.8. The van der Waals surface area contributed by atoms with Gasteiger partial charge < -0.3 is 15.5 Å². The molecule has 5 aromatic rings. The maximum absolute atomic E-state index is 13.8. The van der Waals surface area contributed by atoms with Gasteiger partial charge >= 0.3 is 6.18 Å². The minimum atomic E-state index is -4.76. The van der Waals surface area contributed by atoms with Crippen LogP contribution < -0.4 is 11.1 Å². The van der Waals surface area contributed by atoms with Crippen molar-refractivity contribution in [3.8, 4) is 11.1 Å². The summed E-state index contributed by atoms with van der Waals surface area (Å²) in [5.41, 5.74) is 7.12. The van der Waals surface area contributed by atoms with Crippen LogP contribution in [0.4, 0.5) is 18.9 Å². The summed E-state index contributed by atoms with van der Waals surface area (Å²) in [6.45, 7) is 8.03. The van der Waals surface area contributed by atoms with Crippen LogP contribution in [0.15, 0.2) is 34.9 Å². The second-order valence-corrected chi connectivity index (χ2v) is 10.2. The molecule has 10 nitrogen and oxygen atoms in total. The van der Waals surface area contributed by atoms with E-state index in [4.69, 9.17) is 10.2 Å². The molecule has 0 aromatic carbocycles. The number of pyridine rings is 1. The molecule has 208 valence electrons. The topological polar surface area (TPSA) is 134 Å². The smallest absolute Gasteiger partial charge is 0.433 e. The summed E-state index contributed by atoms with van der Waals surface area (Å²) < 4.78 is 50.5. The van der Waals surface area contributed by atoms with Gasteiger partial charge in [-0.05, 0) is 57.5 Å². The number of aromatic nitrogens is 5. The highest BCUT2D eigenvalue weighted by atomic mass is 32.1. The predicted molar refractivity (Wildman–Crippen MR) is 142 cm³/mol. The summed E-state index contributed by atoms with van der Waals surface area (Å²) in [6, 6.07) is 5.88. The van der Waals surface area contributed by atoms with Crippen LogP contribution in [0.3, 0.4) is 0 Å². The molecule has 2 amide bonds. The Labute approximate surface area is 229 Å². The summed E-state index contributed by atoms with van der Waals surface area (Å²) in [5.74, 6) is -1.25. The minimum Gasteiger partial charge on any atom is -0.454 e. The van der Waals surface area contributed by atoms with Crippen molar-refractivity contribution in [1.29, 1.82) is 0 Å². The van der Waals surface area contributed by atoms with Gasteiger partial charge in [-0.1, -0.05) is 0 Å². The first-order valence-electron chi connectivity index (χ1n) is 12.2. The normalized spacial score (nSPS) is 11.9. The van der Waals surface area contributed by atoms with Crippen molar-refractivity contribution in [3.05, 3.63) is 69.6 Å². The number of halogens is 3. The fourth-order valence-electron chi connectivity index (χ4n) is 4.44. The average Bonchev–Trinajstić information content (AvgIpc) is 3.64. The molecule has 14 heteroatoms. The third-order valence-electron chi connectivity index (χ3n) is 6.27. The standard InChI is InChI=1S/C26H24F3N7O3S/c1-5-35-11-17(14(4)34-35)16-9-19(26(27,28)29)31-25-20(16)21(22(40-25)23(30)37)32-24(38)18-7-6-15(39-18)10-36-13(3)8-12(2)33-36/h6-9,11H,5,10H2,1-4H3,(H2,30,37)(H,32,38). The zero-order valence-electron chi connectivity index (χ0n) is 21.9. The number of anilines is 1. The monoisotopic (exact) mass is 571 g/mol. The van der Waals surface area contributed by atoms with E-state index in [0.29, 0.717) is 34.9 Å². The molecular formula is C26H24F3N7O3S. The number of nitrogens with zero attached hydrogens (tertiary/aromatic N) is 5. The molecule has 40 heavy (non-hydrogen) atoms. The molecule has 0 radical (unpaired) electrons. The second kappa shape index (κ2) is 9.93. The number of alkyl halides is 3. The summed E-state index contributed by atoms with van der Waals surface area (Å²) in [4.78, 5) is 29.2. The number of hydrogen-bond donors (Lipinski definition) is 2. The van der Waals surface area contributed by atoms with Gasteiger partial charge in [-0.3, -0.25) is 19.0 Å². The van der Waals surface area contributed by atoms with E-state index >= 15 is 0 Å². The van der Waals surface area contributed by atoms with Gasteiger partial charge in [-0.25, -0.2) is 4.98 Å². The number of nitrogens with two attached hydrogens (primary N) is 1. The van der Waals surface area contributed by atoms with Crippen molar-refractivity contribution in [3.63, 3.8) is 0 Å². The molecule has 0 saturated carbocycles. The van der Waals surface area contributed by atoms with Crippen molar-refractivity contribution in [2.45, 2.75) is 47.0 Å². The molecule has 0 bridgehead atoms. The lowest BCUT2D eigenvalue weighted by Gasteiger charge is -2.11. The molecule has 0 fully saturated rings. The van der Waals surface area contributed by atoms with Gasteiger partial charge in [-0.2, -0.15) is 23.4 Å². The Kier molecular flexibility index (Phi) is 6.74. The summed E-state index contributed by atoms with van der Waals surface area (Å²) >= 11 is 0.668. The lowest BCUT2D eigenvalue weighted by Crippen LogP contribution is -2.16. The van der Waals surface area contributed by atoms with Crippen LogP contribution in [0.25, 0.3) is 21.3 Å². The number of thiophene rings is 1. The average molecular weight is 572 g/mol. The number of carbonyl (C=O) groups excluding carboxylic acids is 2. The van der Waals surface area contributed by atoms with E-state index in [0.717, 1.165) is 17.5 Å². The molecule has 0 aliphatic carbocycles.